The van der Waals surface area contributed by atoms with Gasteiger partial charge in [-0.3, -0.25) is 23.7 Å². The maximum absolute atomic E-state index is 13.5. The Labute approximate surface area is 569 Å². The summed E-state index contributed by atoms with van der Waals surface area (Å²) < 4.78 is 110. The number of nitrogen functional groups attached to an aromatic ring is 1. The number of allylic oxidation sites excluding steroid dienone is 10. The van der Waals surface area contributed by atoms with Crippen molar-refractivity contribution in [1.29, 1.82) is 0 Å². The zero-order valence-electron chi connectivity index (χ0n) is 51.0. The first-order valence-electron chi connectivity index (χ1n) is 28.8. The van der Waals surface area contributed by atoms with Crippen LogP contribution in [0, 0.1) is 6.92 Å². The third-order valence-corrected chi connectivity index (χ3v) is 18.1. The van der Waals surface area contributed by atoms with Crippen molar-refractivity contribution in [3.63, 3.8) is 0 Å². The number of rotatable bonds is 27. The molecular weight excluding hydrogens is 1490 g/mol. The molecule has 4 heterocycles. The third kappa shape index (κ3) is 19.3. The number of aromatic nitrogens is 4. The maximum atomic E-state index is 13.5. The Hall–Kier alpha value is -6.61. The van der Waals surface area contributed by atoms with Gasteiger partial charge in [0.1, 0.15) is 24.1 Å². The molecule has 0 bridgehead atoms. The number of benzene rings is 3. The fourth-order valence-electron chi connectivity index (χ4n) is 11.3. The molecule has 5 aromatic rings. The number of unbranched alkanes of at least 4 members (excludes halogenated alkanes) is 2. The number of hydrogen-bond donors (Lipinski definition) is 7. The number of carbonyl (C=O) groups excluding carboxylic acids is 1. The van der Waals surface area contributed by atoms with Crippen LogP contribution in [0.15, 0.2) is 155 Å². The average Bonchev–Trinajstić information content (AvgIpc) is 1.62. The van der Waals surface area contributed by atoms with Crippen molar-refractivity contribution in [2.75, 3.05) is 40.5 Å². The van der Waals surface area contributed by atoms with Crippen LogP contribution in [0.25, 0.3) is 11.2 Å². The Morgan fingerprint density at radius 3 is 2.36 bits per heavy atom. The Balaban J connectivity index is 0.00000658. The molecular formula is C63H73N9O14S3WY. The second kappa shape index (κ2) is 30.9. The van der Waals surface area contributed by atoms with E-state index in [9.17, 15) is 58.4 Å². The van der Waals surface area contributed by atoms with E-state index in [-0.39, 0.29) is 108 Å². The number of fused-ring (bicyclic) bond motifs is 3. The van der Waals surface area contributed by atoms with E-state index in [0.29, 0.717) is 73.5 Å². The van der Waals surface area contributed by atoms with E-state index in [1.54, 1.807) is 42.5 Å². The quantitative estimate of drug-likeness (QED) is 0.00647. The predicted octanol–water partition coefficient (Wildman–Crippen LogP) is 8.49. The molecule has 1 radical (unpaired) electrons. The van der Waals surface area contributed by atoms with Crippen LogP contribution in [-0.4, -0.2) is 117 Å². The summed E-state index contributed by atoms with van der Waals surface area (Å²) in [5.74, 6) is -3.00. The first-order chi connectivity index (χ1) is 41.9. The average molecular weight is 1560 g/mol. The number of aryl methyl sites for hydroxylation is 1. The van der Waals surface area contributed by atoms with Gasteiger partial charge in [-0.05, 0) is 142 Å². The molecule has 8 rings (SSSR count). The number of amides is 1. The van der Waals surface area contributed by atoms with E-state index in [4.69, 9.17) is 10.5 Å². The third-order valence-electron chi connectivity index (χ3n) is 15.8. The largest absolute Gasteiger partial charge is 0.748 e. The molecule has 8 N–H and O–H groups in total. The molecule has 0 saturated heterocycles. The van der Waals surface area contributed by atoms with Crippen LogP contribution in [-0.2, 0) is 117 Å². The minimum Gasteiger partial charge on any atom is -0.748 e. The Bertz CT molecular complexity index is 4260. The molecule has 3 aliphatic rings. The number of aliphatic carboxylic acids is 1. The van der Waals surface area contributed by atoms with Crippen molar-refractivity contribution in [3.05, 3.63) is 194 Å². The number of carbonyl (C=O) groups is 2. The van der Waals surface area contributed by atoms with Gasteiger partial charge >= 0.3 is 5.97 Å². The molecule has 1 aliphatic carbocycles. The fourth-order valence-corrected chi connectivity index (χ4v) is 13.0. The molecule has 1 atom stereocenters. The van der Waals surface area contributed by atoms with Crippen molar-refractivity contribution in [2.45, 2.75) is 115 Å². The predicted molar refractivity (Wildman–Crippen MR) is 340 cm³/mol. The van der Waals surface area contributed by atoms with Gasteiger partial charge in [0.05, 0.1) is 46.0 Å². The van der Waals surface area contributed by atoms with Gasteiger partial charge in [0.2, 0.25) is 11.6 Å². The van der Waals surface area contributed by atoms with E-state index >= 15 is 0 Å². The van der Waals surface area contributed by atoms with Crippen molar-refractivity contribution >= 4 is 82.1 Å². The minimum absolute atomic E-state index is 0. The van der Waals surface area contributed by atoms with Gasteiger partial charge in [-0.25, -0.2) is 23.2 Å². The summed E-state index contributed by atoms with van der Waals surface area (Å²) in [4.78, 5) is 55.5. The maximum Gasteiger partial charge on any atom is 0.326 e. The van der Waals surface area contributed by atoms with Crippen LogP contribution in [0.5, 0.6) is 0 Å². The summed E-state index contributed by atoms with van der Waals surface area (Å²) >= 11 is 0. The smallest absolute Gasteiger partial charge is 0.326 e. The van der Waals surface area contributed by atoms with Crippen LogP contribution >= 0.6 is 0 Å². The molecule has 23 nitrogen and oxygen atoms in total. The van der Waals surface area contributed by atoms with Crippen molar-refractivity contribution in [2.24, 2.45) is 0 Å². The Morgan fingerprint density at radius 1 is 0.956 bits per heavy atom. The van der Waals surface area contributed by atoms with Crippen molar-refractivity contribution in [3.8, 4) is 0 Å². The molecule has 0 fully saturated rings. The topological polar surface area (TPSA) is 357 Å². The second-order valence-corrected chi connectivity index (χ2v) is 27.7. The molecule has 3 aromatic carbocycles. The number of anilines is 3. The number of nitrogens with zero attached hydrogens (tertiary/aromatic N) is 5. The van der Waals surface area contributed by atoms with Crippen LogP contribution in [0.3, 0.4) is 0 Å². The number of H-pyrrole nitrogens is 1. The zero-order valence-corrected chi connectivity index (χ0v) is 59.2. The summed E-state index contributed by atoms with van der Waals surface area (Å²) in [6.07, 6.45) is 18.5. The van der Waals surface area contributed by atoms with Gasteiger partial charge in [0.25, 0.3) is 31.7 Å². The molecule has 0 spiro atoms. The number of carboxylic acids is 1. The number of hydrogen-bond acceptors (Lipinski definition) is 17. The van der Waals surface area contributed by atoms with Crippen LogP contribution in [0.4, 0.5) is 23.0 Å². The first kappa shape index (κ1) is 73.4. The summed E-state index contributed by atoms with van der Waals surface area (Å²) in [5, 5.41) is 16.1. The first-order valence-corrected chi connectivity index (χ1v) is 33.6. The van der Waals surface area contributed by atoms with E-state index in [1.807, 2.05) is 49.6 Å². The van der Waals surface area contributed by atoms with Crippen LogP contribution in [0.2, 0.25) is 0 Å². The summed E-state index contributed by atoms with van der Waals surface area (Å²) in [6, 6.07) is 16.3. The number of carboxylic acid groups (broad SMARTS) is 1. The molecule has 2 aromatic heterocycles. The van der Waals surface area contributed by atoms with E-state index in [1.165, 1.54) is 30.7 Å². The van der Waals surface area contributed by atoms with Gasteiger partial charge in [0, 0.05) is 125 Å². The molecule has 28 heteroatoms. The summed E-state index contributed by atoms with van der Waals surface area (Å²) in [7, 11) is -13.0. The molecule has 0 unspecified atom stereocenters. The molecule has 1 amide bonds. The number of nitrogens with one attached hydrogen (secondary N) is 3. The van der Waals surface area contributed by atoms with Crippen LogP contribution < -0.4 is 26.8 Å². The molecule has 2 aliphatic heterocycles. The minimum atomic E-state index is -4.47. The monoisotopic (exact) mass is 1560 g/mol. The van der Waals surface area contributed by atoms with Gasteiger partial charge in [-0.15, -0.1) is 0 Å². The SMILES string of the molecule is C=[14CH]/[13C](=[13CH]\[14CH]=[14CH]\OC1=C(/C=C/C2=[N+](CCCCS(=O)(=O)[O-])c3ccc(CS(=O)(=O)O)cc3C2(C)C)CCC/C1=C\C=C1\N(CCCCS(=O)(=O)O)c2ccc(C)cc2C1(C)C)[14CH2][14C@H](NC(=O)c1ccc(NCc2cnc3nc(N)[nH]c(=O)c3n2)cc1)[14C](=O)O.[W].[Y]. The van der Waals surface area contributed by atoms with Gasteiger partial charge in [-0.2, -0.15) is 26.4 Å². The number of ether oxygens (including phenoxy) is 1. The van der Waals surface area contributed by atoms with E-state index < -0.39 is 76.2 Å². The Kier molecular flexibility index (Phi) is 24.9. The van der Waals surface area contributed by atoms with Crippen molar-refractivity contribution < 1.29 is 117 Å². The zero-order chi connectivity index (χ0) is 64.6. The van der Waals surface area contributed by atoms with Gasteiger partial charge in [-0.1, -0.05) is 62.4 Å². The standard InChI is InChI=1S/C63H73N9O14S3.W.Y/c1-7-41(36-50(60(75)76)68-58(73)45-19-23-46(24-20-45)65-37-47-38-66-57-55(67-47)59(74)70-61(64)69-57)14-13-31-86-56-43(21-27-53-62(3,4)48-34-40(2)17-25-51(48)71(53)29-8-10-32-87(77,78)79)15-12-16-44(56)22-28-54-63(5,6)49-35-42(39-89(83,84)85)18-26-52(49)72(54)30-9-11-33-88(80,81)82;;/h7,13-14,17-28,31,34-35,38,50H,1,8-12,15-16,29-30,32-33,36-37,39H2,2-6H3,(H8-,64,65,66,68,69,70,73,74,75,76,77,78,79,80,81,82,83,84,85);;/b31-13+,41-14+;;/t50-;;/m0../s1/i7+2,13+2,14+1,31+2,36+2,41+1,50+2,60+2;;. The molecule has 91 heavy (non-hydrogen) atoms. The van der Waals surface area contributed by atoms with Crippen molar-refractivity contribution in [1.82, 2.24) is 25.3 Å². The van der Waals surface area contributed by atoms with Gasteiger partial charge < -0.3 is 35.7 Å². The summed E-state index contributed by atoms with van der Waals surface area (Å²) in [5.41, 5.74) is 14.0. The van der Waals surface area contributed by atoms with Crippen LogP contribution in [0.1, 0.15) is 117 Å². The fraction of sp³-hybridized carbons (Fsp3) is 0.349. The van der Waals surface area contributed by atoms with E-state index in [0.717, 1.165) is 50.6 Å². The Morgan fingerprint density at radius 2 is 1.68 bits per heavy atom. The second-order valence-electron chi connectivity index (χ2n) is 23.2. The molecule has 0 saturated carbocycles. The van der Waals surface area contributed by atoms with E-state index in [2.05, 4.69) is 74.1 Å². The van der Waals surface area contributed by atoms with Gasteiger partial charge in [0.15, 0.2) is 16.9 Å². The number of nitrogens with two attached hydrogens (primary N) is 1. The normalized spacial score (nSPS) is 16.9. The molecule has 481 valence electrons. The summed E-state index contributed by atoms with van der Waals surface area (Å²) in [6.45, 7) is 15.1. The number of aromatic amines is 1.